The minimum absolute atomic E-state index is 0.0892. The maximum absolute atomic E-state index is 12.7. The Hall–Kier alpha value is -3.25. The summed E-state index contributed by atoms with van der Waals surface area (Å²) in [4.78, 5) is 26.9. The van der Waals surface area contributed by atoms with E-state index in [4.69, 9.17) is 14.2 Å². The quantitative estimate of drug-likeness (QED) is 0.833. The van der Waals surface area contributed by atoms with Crippen LogP contribution in [0.1, 0.15) is 16.0 Å². The highest BCUT2D eigenvalue weighted by Crippen LogP contribution is 2.37. The third-order valence-electron chi connectivity index (χ3n) is 4.64. The second kappa shape index (κ2) is 7.40. The molecule has 0 fully saturated rings. The summed E-state index contributed by atoms with van der Waals surface area (Å²) in [6, 6.07) is 9.32. The third-order valence-corrected chi connectivity index (χ3v) is 5.77. The van der Waals surface area contributed by atoms with Crippen molar-refractivity contribution in [2.24, 2.45) is 0 Å². The van der Waals surface area contributed by atoms with Crippen LogP contribution in [0.15, 0.2) is 24.3 Å². The van der Waals surface area contributed by atoms with E-state index in [9.17, 15) is 14.9 Å². The van der Waals surface area contributed by atoms with Gasteiger partial charge in [-0.15, -0.1) is 11.3 Å². The first-order chi connectivity index (χ1) is 13.6. The van der Waals surface area contributed by atoms with Crippen LogP contribution in [0.3, 0.4) is 0 Å². The van der Waals surface area contributed by atoms with Crippen molar-refractivity contribution in [3.8, 4) is 17.6 Å². The Morgan fingerprint density at radius 1 is 1.36 bits per heavy atom. The number of nitriles is 1. The summed E-state index contributed by atoms with van der Waals surface area (Å²) in [5, 5.41) is 12.8. The number of anilines is 1. The number of fused-ring (bicyclic) bond motifs is 2. The summed E-state index contributed by atoms with van der Waals surface area (Å²) in [5.74, 6) is 0.724. The highest BCUT2D eigenvalue weighted by Gasteiger charge is 2.31. The zero-order valence-electron chi connectivity index (χ0n) is 15.1. The van der Waals surface area contributed by atoms with Gasteiger partial charge in [0.15, 0.2) is 11.5 Å². The van der Waals surface area contributed by atoms with Gasteiger partial charge >= 0.3 is 6.09 Å². The first-order valence-electron chi connectivity index (χ1n) is 8.67. The zero-order valence-corrected chi connectivity index (χ0v) is 15.9. The van der Waals surface area contributed by atoms with Gasteiger partial charge in [-0.25, -0.2) is 4.79 Å². The summed E-state index contributed by atoms with van der Waals surface area (Å²) in [7, 11) is 1.34. The van der Waals surface area contributed by atoms with Crippen molar-refractivity contribution in [3.05, 3.63) is 40.3 Å². The topological polar surface area (TPSA) is 101 Å². The molecule has 9 heteroatoms. The molecule has 0 spiro atoms. The Labute approximate surface area is 165 Å². The van der Waals surface area contributed by atoms with Gasteiger partial charge in [0.2, 0.25) is 6.10 Å². The molecule has 2 aliphatic rings. The van der Waals surface area contributed by atoms with E-state index in [2.05, 4.69) is 11.4 Å². The average Bonchev–Trinajstić information content (AvgIpc) is 3.08. The van der Waals surface area contributed by atoms with Gasteiger partial charge in [0, 0.05) is 11.4 Å². The summed E-state index contributed by atoms with van der Waals surface area (Å²) in [5.41, 5.74) is 1.31. The first kappa shape index (κ1) is 18.1. The molecule has 0 saturated carbocycles. The molecule has 0 bridgehead atoms. The number of hydrogen-bond donors (Lipinski definition) is 1. The van der Waals surface area contributed by atoms with Gasteiger partial charge in [0.05, 0.1) is 19.2 Å². The molecule has 1 aromatic carbocycles. The fraction of sp³-hybridized carbons (Fsp3) is 0.316. The van der Waals surface area contributed by atoms with E-state index in [1.165, 1.54) is 18.4 Å². The van der Waals surface area contributed by atoms with Gasteiger partial charge in [-0.3, -0.25) is 4.79 Å². The van der Waals surface area contributed by atoms with Gasteiger partial charge < -0.3 is 24.4 Å². The van der Waals surface area contributed by atoms with Gasteiger partial charge in [0.25, 0.3) is 5.91 Å². The van der Waals surface area contributed by atoms with Crippen molar-refractivity contribution < 1.29 is 23.8 Å². The average molecular weight is 399 g/mol. The van der Waals surface area contributed by atoms with Crippen LogP contribution in [-0.4, -0.2) is 43.3 Å². The monoisotopic (exact) mass is 399 g/mol. The summed E-state index contributed by atoms with van der Waals surface area (Å²) < 4.78 is 16.1. The number of amides is 2. The lowest BCUT2D eigenvalue weighted by atomic mass is 10.0. The van der Waals surface area contributed by atoms with Gasteiger partial charge in [-0.05, 0) is 24.1 Å². The molecule has 1 atom stereocenters. The summed E-state index contributed by atoms with van der Waals surface area (Å²) in [6.07, 6.45) is -0.683. The molecule has 2 aromatic rings. The molecule has 1 aromatic heterocycles. The first-order valence-corrected chi connectivity index (χ1v) is 9.49. The standard InChI is InChI=1S/C19H17N3O5S/c1-25-19(24)22-7-6-11-12(8-20)18(28-16(11)9-22)21-17(23)15-10-26-13-4-2-3-5-14(13)27-15/h2-5,15H,6-7,9-10H2,1H3,(H,21,23). The van der Waals surface area contributed by atoms with Crippen LogP contribution in [0.4, 0.5) is 9.80 Å². The number of nitrogens with one attached hydrogen (secondary N) is 1. The molecule has 2 amide bonds. The summed E-state index contributed by atoms with van der Waals surface area (Å²) in [6.45, 7) is 0.911. The van der Waals surface area contributed by atoms with Crippen molar-refractivity contribution in [2.75, 3.05) is 25.6 Å². The van der Waals surface area contributed by atoms with Crippen LogP contribution in [-0.2, 0) is 22.5 Å². The highest BCUT2D eigenvalue weighted by molar-refractivity contribution is 7.16. The predicted molar refractivity (Wildman–Crippen MR) is 101 cm³/mol. The van der Waals surface area contributed by atoms with E-state index < -0.39 is 12.2 Å². The van der Waals surface area contributed by atoms with Crippen LogP contribution in [0.25, 0.3) is 0 Å². The largest absolute Gasteiger partial charge is 0.485 e. The number of rotatable bonds is 2. The number of para-hydroxylation sites is 2. The lowest BCUT2D eigenvalue weighted by molar-refractivity contribution is -0.125. The van der Waals surface area contributed by atoms with Gasteiger partial charge in [0.1, 0.15) is 17.7 Å². The normalized spacial score (nSPS) is 17.3. The number of benzene rings is 1. The van der Waals surface area contributed by atoms with Crippen molar-refractivity contribution in [3.63, 3.8) is 0 Å². The molecule has 8 nitrogen and oxygen atoms in total. The molecule has 1 unspecified atom stereocenters. The number of carbonyl (C=O) groups excluding carboxylic acids is 2. The maximum atomic E-state index is 12.7. The molecule has 1 N–H and O–H groups in total. The number of hydrogen-bond acceptors (Lipinski definition) is 7. The molecular weight excluding hydrogens is 382 g/mol. The van der Waals surface area contributed by atoms with E-state index in [1.807, 2.05) is 6.07 Å². The van der Waals surface area contributed by atoms with E-state index in [0.29, 0.717) is 41.6 Å². The Kier molecular flexibility index (Phi) is 4.79. The van der Waals surface area contributed by atoms with Gasteiger partial charge in [-0.2, -0.15) is 5.26 Å². The predicted octanol–water partition coefficient (Wildman–Crippen LogP) is 2.52. The molecule has 0 saturated heterocycles. The SMILES string of the molecule is COC(=O)N1CCc2c(sc(NC(=O)C3COc4ccccc4O3)c2C#N)C1. The number of carbonyl (C=O) groups is 2. The Morgan fingerprint density at radius 3 is 2.89 bits per heavy atom. The number of ether oxygens (including phenoxy) is 3. The molecule has 0 radical (unpaired) electrons. The van der Waals surface area contributed by atoms with E-state index in [0.717, 1.165) is 10.4 Å². The van der Waals surface area contributed by atoms with Crippen LogP contribution in [0.5, 0.6) is 11.5 Å². The lowest BCUT2D eigenvalue weighted by Gasteiger charge is -2.25. The molecule has 4 rings (SSSR count). The minimum Gasteiger partial charge on any atom is -0.485 e. The van der Waals surface area contributed by atoms with Crippen LogP contribution >= 0.6 is 11.3 Å². The van der Waals surface area contributed by atoms with Crippen LogP contribution in [0, 0.1) is 11.3 Å². The number of nitrogens with zero attached hydrogens (tertiary/aromatic N) is 2. The lowest BCUT2D eigenvalue weighted by Crippen LogP contribution is -2.40. The number of methoxy groups -OCH3 is 1. The second-order valence-electron chi connectivity index (χ2n) is 6.31. The Bertz CT molecular complexity index is 980. The van der Waals surface area contributed by atoms with E-state index >= 15 is 0 Å². The smallest absolute Gasteiger partial charge is 0.409 e. The van der Waals surface area contributed by atoms with Crippen LogP contribution in [0.2, 0.25) is 0 Å². The molecule has 144 valence electrons. The second-order valence-corrected chi connectivity index (χ2v) is 7.42. The third kappa shape index (κ3) is 3.23. The van der Waals surface area contributed by atoms with E-state index in [1.54, 1.807) is 23.1 Å². The van der Waals surface area contributed by atoms with Crippen molar-refractivity contribution in [2.45, 2.75) is 19.1 Å². The maximum Gasteiger partial charge on any atom is 0.409 e. The van der Waals surface area contributed by atoms with E-state index in [-0.39, 0.29) is 12.5 Å². The fourth-order valence-corrected chi connectivity index (χ4v) is 4.45. The van der Waals surface area contributed by atoms with Crippen molar-refractivity contribution in [1.82, 2.24) is 4.90 Å². The van der Waals surface area contributed by atoms with Crippen LogP contribution < -0.4 is 14.8 Å². The van der Waals surface area contributed by atoms with Gasteiger partial charge in [-0.1, -0.05) is 12.1 Å². The fourth-order valence-electron chi connectivity index (χ4n) is 3.24. The minimum atomic E-state index is -0.813. The number of thiophene rings is 1. The molecule has 3 heterocycles. The molecular formula is C19H17N3O5S. The summed E-state index contributed by atoms with van der Waals surface area (Å²) >= 11 is 1.30. The zero-order chi connectivity index (χ0) is 19.7. The molecule has 0 aliphatic carbocycles. The Morgan fingerprint density at radius 2 is 2.14 bits per heavy atom. The molecule has 28 heavy (non-hydrogen) atoms. The highest BCUT2D eigenvalue weighted by atomic mass is 32.1. The van der Waals surface area contributed by atoms with Crippen molar-refractivity contribution in [1.29, 1.82) is 5.26 Å². The Balaban J connectivity index is 1.51. The molecule has 2 aliphatic heterocycles. The van der Waals surface area contributed by atoms with Crippen molar-refractivity contribution >= 4 is 28.3 Å².